The average Bonchev–Trinajstić information content (AvgIpc) is 2.98. The lowest BCUT2D eigenvalue weighted by molar-refractivity contribution is 0.0308. The highest BCUT2D eigenvalue weighted by Gasteiger charge is 2.28. The number of nitrogens with one attached hydrogen (secondary N) is 1. The lowest BCUT2D eigenvalue weighted by atomic mass is 10.0. The molecule has 3 rings (SSSR count). The smallest absolute Gasteiger partial charge is 0.0882 e. The van der Waals surface area contributed by atoms with E-state index in [2.05, 4.69) is 22.0 Å². The third-order valence-electron chi connectivity index (χ3n) is 4.69. The molecular weight excluding hydrogens is 320 g/mol. The first-order valence-electron chi connectivity index (χ1n) is 8.36. The minimum atomic E-state index is -1.19. The number of benzene rings is 2. The molecular formula is C19H24N2O4. The predicted octanol–water partition coefficient (Wildman–Crippen LogP) is 0.461. The summed E-state index contributed by atoms with van der Waals surface area (Å²) in [5, 5.41) is 43.7. The minimum Gasteiger partial charge on any atom is -0.394 e. The summed E-state index contributed by atoms with van der Waals surface area (Å²) in [7, 11) is 0. The fourth-order valence-electron chi connectivity index (χ4n) is 3.13. The van der Waals surface area contributed by atoms with Gasteiger partial charge in [0.1, 0.15) is 0 Å². The molecule has 5 N–H and O–H groups in total. The van der Waals surface area contributed by atoms with Crippen molar-refractivity contribution in [3.8, 4) is 0 Å². The average molecular weight is 344 g/mol. The van der Waals surface area contributed by atoms with Gasteiger partial charge in [-0.1, -0.05) is 36.4 Å². The van der Waals surface area contributed by atoms with E-state index in [4.69, 9.17) is 0 Å². The van der Waals surface area contributed by atoms with Crippen molar-refractivity contribution in [3.05, 3.63) is 48.5 Å². The Morgan fingerprint density at radius 3 is 1.80 bits per heavy atom. The number of β-amino-alcohol motifs (C(OH)–C–C–N with tert-alkyl or cyclic N) is 1. The first-order chi connectivity index (χ1) is 12.1. The summed E-state index contributed by atoms with van der Waals surface area (Å²) in [5.41, 5.74) is 0.892. The molecule has 25 heavy (non-hydrogen) atoms. The summed E-state index contributed by atoms with van der Waals surface area (Å²) in [5.74, 6) is 0. The van der Waals surface area contributed by atoms with E-state index in [1.54, 1.807) is 0 Å². The van der Waals surface area contributed by atoms with Gasteiger partial charge in [-0.05, 0) is 12.1 Å². The standard InChI is InChI=1S/C19H24N2O4/c22-11-19(12-23,13-24)20-9-14(25)10-21-17-7-3-1-5-15(17)16-6-2-4-8-18(16)21/h1-8,14,20,22-25H,9-13H2/t14-/m1/s1. The fourth-order valence-corrected chi connectivity index (χ4v) is 3.13. The molecule has 0 saturated heterocycles. The normalized spacial score (nSPS) is 13.6. The van der Waals surface area contributed by atoms with Gasteiger partial charge in [-0.3, -0.25) is 0 Å². The van der Waals surface area contributed by atoms with E-state index < -0.39 is 31.5 Å². The van der Waals surface area contributed by atoms with Crippen LogP contribution >= 0.6 is 0 Å². The van der Waals surface area contributed by atoms with Crippen LogP contribution in [0.3, 0.4) is 0 Å². The van der Waals surface area contributed by atoms with Gasteiger partial charge in [0.25, 0.3) is 0 Å². The first kappa shape index (κ1) is 17.8. The van der Waals surface area contributed by atoms with Crippen LogP contribution in [0.1, 0.15) is 0 Å². The molecule has 0 saturated carbocycles. The highest BCUT2D eigenvalue weighted by Crippen LogP contribution is 2.28. The molecule has 1 atom stereocenters. The number of fused-ring (bicyclic) bond motifs is 3. The van der Waals surface area contributed by atoms with Crippen LogP contribution in [-0.2, 0) is 6.54 Å². The van der Waals surface area contributed by atoms with Crippen molar-refractivity contribution in [2.45, 2.75) is 18.2 Å². The Balaban J connectivity index is 1.84. The number of hydrogen-bond donors (Lipinski definition) is 5. The van der Waals surface area contributed by atoms with E-state index in [0.717, 1.165) is 21.8 Å². The van der Waals surface area contributed by atoms with Gasteiger partial charge >= 0.3 is 0 Å². The molecule has 6 nitrogen and oxygen atoms in total. The molecule has 1 aromatic heterocycles. The highest BCUT2D eigenvalue weighted by atomic mass is 16.3. The molecule has 0 unspecified atom stereocenters. The third-order valence-corrected chi connectivity index (χ3v) is 4.69. The van der Waals surface area contributed by atoms with Crippen molar-refractivity contribution in [1.82, 2.24) is 9.88 Å². The summed E-state index contributed by atoms with van der Waals surface area (Å²) in [6.45, 7) is -0.742. The van der Waals surface area contributed by atoms with Crippen LogP contribution in [0.2, 0.25) is 0 Å². The van der Waals surface area contributed by atoms with Crippen LogP contribution in [0.4, 0.5) is 0 Å². The second kappa shape index (κ2) is 7.51. The topological polar surface area (TPSA) is 97.9 Å². The van der Waals surface area contributed by atoms with Crippen molar-refractivity contribution >= 4 is 21.8 Å². The van der Waals surface area contributed by atoms with E-state index in [1.807, 2.05) is 36.4 Å². The van der Waals surface area contributed by atoms with Crippen LogP contribution in [-0.4, -0.2) is 63.0 Å². The lowest BCUT2D eigenvalue weighted by Crippen LogP contribution is -2.56. The van der Waals surface area contributed by atoms with Crippen molar-refractivity contribution in [1.29, 1.82) is 0 Å². The maximum atomic E-state index is 10.5. The first-order valence-corrected chi connectivity index (χ1v) is 8.36. The summed E-state index contributed by atoms with van der Waals surface area (Å²) in [6.07, 6.45) is -0.747. The van der Waals surface area contributed by atoms with Gasteiger partial charge in [-0.2, -0.15) is 0 Å². The van der Waals surface area contributed by atoms with Crippen molar-refractivity contribution in [2.75, 3.05) is 26.4 Å². The summed E-state index contributed by atoms with van der Waals surface area (Å²) < 4.78 is 2.07. The molecule has 0 aliphatic rings. The molecule has 0 radical (unpaired) electrons. The van der Waals surface area contributed by atoms with Crippen LogP contribution < -0.4 is 5.32 Å². The second-order valence-electron chi connectivity index (χ2n) is 6.43. The lowest BCUT2D eigenvalue weighted by Gasteiger charge is -2.30. The summed E-state index contributed by atoms with van der Waals surface area (Å²) >= 11 is 0. The second-order valence-corrected chi connectivity index (χ2v) is 6.43. The van der Waals surface area contributed by atoms with Crippen LogP contribution in [0.5, 0.6) is 0 Å². The van der Waals surface area contributed by atoms with E-state index >= 15 is 0 Å². The number of nitrogens with zero attached hydrogens (tertiary/aromatic N) is 1. The number of aromatic nitrogens is 1. The van der Waals surface area contributed by atoms with Gasteiger partial charge in [0.15, 0.2) is 0 Å². The fraction of sp³-hybridized carbons (Fsp3) is 0.368. The van der Waals surface area contributed by atoms with Crippen molar-refractivity contribution in [2.24, 2.45) is 0 Å². The number of hydrogen-bond acceptors (Lipinski definition) is 5. The quantitative estimate of drug-likeness (QED) is 0.409. The van der Waals surface area contributed by atoms with Crippen molar-refractivity contribution in [3.63, 3.8) is 0 Å². The molecule has 0 fully saturated rings. The third kappa shape index (κ3) is 3.40. The number of para-hydroxylation sites is 2. The van der Waals surface area contributed by atoms with Gasteiger partial charge in [-0.25, -0.2) is 0 Å². The van der Waals surface area contributed by atoms with Gasteiger partial charge in [0.05, 0.1) is 38.0 Å². The Kier molecular flexibility index (Phi) is 5.36. The molecule has 6 heteroatoms. The molecule has 3 aromatic rings. The zero-order chi connectivity index (χ0) is 17.9. The summed E-state index contributed by atoms with van der Waals surface area (Å²) in [6, 6.07) is 16.1. The molecule has 134 valence electrons. The van der Waals surface area contributed by atoms with E-state index in [0.29, 0.717) is 6.54 Å². The Labute approximate surface area is 145 Å². The molecule has 2 aromatic carbocycles. The number of rotatable bonds is 8. The molecule has 0 bridgehead atoms. The van der Waals surface area contributed by atoms with E-state index in [-0.39, 0.29) is 6.54 Å². The maximum absolute atomic E-state index is 10.5. The van der Waals surface area contributed by atoms with Crippen LogP contribution in [0, 0.1) is 0 Å². The SMILES string of the molecule is OCC(CO)(CO)NC[C@@H](O)Cn1c2ccccc2c2ccccc21. The maximum Gasteiger partial charge on any atom is 0.0882 e. The van der Waals surface area contributed by atoms with E-state index in [9.17, 15) is 20.4 Å². The molecule has 0 aliphatic carbocycles. The van der Waals surface area contributed by atoms with Gasteiger partial charge < -0.3 is 30.3 Å². The van der Waals surface area contributed by atoms with Gasteiger partial charge in [0.2, 0.25) is 0 Å². The number of aliphatic hydroxyl groups excluding tert-OH is 4. The molecule has 0 amide bonds. The highest BCUT2D eigenvalue weighted by molar-refractivity contribution is 6.07. The monoisotopic (exact) mass is 344 g/mol. The summed E-state index contributed by atoms with van der Waals surface area (Å²) in [4.78, 5) is 0. The predicted molar refractivity (Wildman–Crippen MR) is 97.4 cm³/mol. The number of aliphatic hydroxyl groups is 4. The molecule has 1 heterocycles. The Hall–Kier alpha value is -1.96. The van der Waals surface area contributed by atoms with Gasteiger partial charge in [0, 0.05) is 28.4 Å². The zero-order valence-electron chi connectivity index (χ0n) is 14.0. The minimum absolute atomic E-state index is 0.141. The van der Waals surface area contributed by atoms with Crippen LogP contribution in [0.15, 0.2) is 48.5 Å². The largest absolute Gasteiger partial charge is 0.394 e. The van der Waals surface area contributed by atoms with E-state index in [1.165, 1.54) is 0 Å². The Morgan fingerprint density at radius 1 is 0.840 bits per heavy atom. The Morgan fingerprint density at radius 2 is 1.32 bits per heavy atom. The molecule has 0 aliphatic heterocycles. The molecule has 0 spiro atoms. The Bertz CT molecular complexity index is 780. The van der Waals surface area contributed by atoms with Crippen molar-refractivity contribution < 1.29 is 20.4 Å². The zero-order valence-corrected chi connectivity index (χ0v) is 14.0. The van der Waals surface area contributed by atoms with Gasteiger partial charge in [-0.15, -0.1) is 0 Å². The van der Waals surface area contributed by atoms with Crippen LogP contribution in [0.25, 0.3) is 21.8 Å².